The molecule has 0 aliphatic carbocycles. The average molecular weight is 300 g/mol. The second kappa shape index (κ2) is 5.13. The van der Waals surface area contributed by atoms with Crippen LogP contribution < -0.4 is 0 Å². The number of imidazole rings is 1. The first-order valence-electron chi connectivity index (χ1n) is 7.03. The van der Waals surface area contributed by atoms with Crippen LogP contribution in [0.1, 0.15) is 19.1 Å². The van der Waals surface area contributed by atoms with E-state index in [9.17, 15) is 0 Å². The minimum atomic E-state index is -0.00104. The van der Waals surface area contributed by atoms with Gasteiger partial charge in [0.1, 0.15) is 17.6 Å². The van der Waals surface area contributed by atoms with E-state index in [-0.39, 0.29) is 6.23 Å². The Morgan fingerprint density at radius 2 is 2.19 bits per heavy atom. The fraction of sp³-hybridized carbons (Fsp3) is 0.250. The maximum absolute atomic E-state index is 6.12. The molecule has 1 aliphatic rings. The van der Waals surface area contributed by atoms with E-state index in [0.29, 0.717) is 5.02 Å². The topological polar surface area (TPSA) is 39.9 Å². The molecule has 3 heterocycles. The second-order valence-electron chi connectivity index (χ2n) is 5.13. The molecule has 1 saturated heterocycles. The van der Waals surface area contributed by atoms with Crippen LogP contribution in [0.25, 0.3) is 22.6 Å². The summed E-state index contributed by atoms with van der Waals surface area (Å²) in [5.74, 6) is 0.859. The number of nitrogens with zero attached hydrogens (tertiary/aromatic N) is 3. The summed E-state index contributed by atoms with van der Waals surface area (Å²) in [6, 6.07) is 11.6. The van der Waals surface area contributed by atoms with Gasteiger partial charge in [-0.1, -0.05) is 23.7 Å². The standard InChI is InChI=1S/C16H14ClN3O/c17-12-5-1-4-11(10-12)15-19-13-6-2-8-18-16(13)20(15)14-7-3-9-21-14/h1-2,4-6,8,10,14H,3,7,9H2. The highest BCUT2D eigenvalue weighted by Crippen LogP contribution is 2.33. The molecule has 0 saturated carbocycles. The Morgan fingerprint density at radius 3 is 3.00 bits per heavy atom. The zero-order valence-electron chi connectivity index (χ0n) is 11.4. The number of halogens is 1. The fourth-order valence-electron chi connectivity index (χ4n) is 2.80. The van der Waals surface area contributed by atoms with Gasteiger partial charge in [-0.15, -0.1) is 0 Å². The smallest absolute Gasteiger partial charge is 0.162 e. The summed E-state index contributed by atoms with van der Waals surface area (Å²) in [5.41, 5.74) is 2.72. The van der Waals surface area contributed by atoms with Gasteiger partial charge in [0, 0.05) is 23.4 Å². The second-order valence-corrected chi connectivity index (χ2v) is 5.57. The molecule has 0 bridgehead atoms. The Labute approximate surface area is 127 Å². The predicted molar refractivity (Wildman–Crippen MR) is 82.2 cm³/mol. The van der Waals surface area contributed by atoms with E-state index in [1.165, 1.54) is 0 Å². The minimum Gasteiger partial charge on any atom is -0.358 e. The molecule has 0 N–H and O–H groups in total. The highest BCUT2D eigenvalue weighted by atomic mass is 35.5. The molecule has 3 aromatic rings. The number of hydrogen-bond donors (Lipinski definition) is 0. The molecule has 0 amide bonds. The van der Waals surface area contributed by atoms with Crippen molar-refractivity contribution < 1.29 is 4.74 Å². The molecule has 1 fully saturated rings. The summed E-state index contributed by atoms with van der Waals surface area (Å²) in [6.07, 6.45) is 3.83. The van der Waals surface area contributed by atoms with E-state index in [2.05, 4.69) is 9.55 Å². The third kappa shape index (κ3) is 2.20. The first-order chi connectivity index (χ1) is 10.3. The summed E-state index contributed by atoms with van der Waals surface area (Å²) in [5, 5.41) is 0.700. The van der Waals surface area contributed by atoms with Crippen LogP contribution in [0.3, 0.4) is 0 Å². The highest BCUT2D eigenvalue weighted by molar-refractivity contribution is 6.30. The number of ether oxygens (including phenoxy) is 1. The number of pyridine rings is 1. The van der Waals surface area contributed by atoms with Crippen LogP contribution in [-0.2, 0) is 4.74 Å². The quantitative estimate of drug-likeness (QED) is 0.716. The molecule has 4 nitrogen and oxygen atoms in total. The van der Waals surface area contributed by atoms with Crippen LogP contribution >= 0.6 is 11.6 Å². The third-order valence-electron chi connectivity index (χ3n) is 3.73. The van der Waals surface area contributed by atoms with Crippen LogP contribution in [0.5, 0.6) is 0 Å². The molecule has 1 atom stereocenters. The summed E-state index contributed by atoms with van der Waals surface area (Å²) < 4.78 is 7.94. The van der Waals surface area contributed by atoms with Crippen molar-refractivity contribution in [3.05, 3.63) is 47.6 Å². The molecule has 1 aromatic carbocycles. The van der Waals surface area contributed by atoms with Crippen LogP contribution in [0.15, 0.2) is 42.6 Å². The minimum absolute atomic E-state index is 0.00104. The number of rotatable bonds is 2. The Morgan fingerprint density at radius 1 is 1.24 bits per heavy atom. The van der Waals surface area contributed by atoms with Crippen molar-refractivity contribution in [2.45, 2.75) is 19.1 Å². The number of benzene rings is 1. The predicted octanol–water partition coefficient (Wildman–Crippen LogP) is 4.06. The first-order valence-corrected chi connectivity index (χ1v) is 7.41. The molecule has 0 radical (unpaired) electrons. The van der Waals surface area contributed by atoms with Gasteiger partial charge in [-0.3, -0.25) is 4.57 Å². The van der Waals surface area contributed by atoms with Gasteiger partial charge in [0.15, 0.2) is 5.65 Å². The lowest BCUT2D eigenvalue weighted by atomic mass is 10.2. The van der Waals surface area contributed by atoms with Crippen molar-refractivity contribution >= 4 is 22.8 Å². The van der Waals surface area contributed by atoms with Crippen molar-refractivity contribution in [3.63, 3.8) is 0 Å². The summed E-state index contributed by atoms with van der Waals surface area (Å²) in [7, 11) is 0. The molecule has 1 unspecified atom stereocenters. The van der Waals surface area contributed by atoms with Crippen LogP contribution in [0.2, 0.25) is 5.02 Å². The van der Waals surface area contributed by atoms with Gasteiger partial charge in [-0.05, 0) is 37.1 Å². The lowest BCUT2D eigenvalue weighted by Gasteiger charge is -2.15. The number of aromatic nitrogens is 3. The zero-order valence-corrected chi connectivity index (χ0v) is 12.1. The van der Waals surface area contributed by atoms with E-state index in [4.69, 9.17) is 21.3 Å². The summed E-state index contributed by atoms with van der Waals surface area (Å²) >= 11 is 6.12. The van der Waals surface area contributed by atoms with Crippen LogP contribution in [0, 0.1) is 0 Å². The Bertz CT molecular complexity index is 793. The van der Waals surface area contributed by atoms with Crippen molar-refractivity contribution in [3.8, 4) is 11.4 Å². The maximum atomic E-state index is 6.12. The van der Waals surface area contributed by atoms with E-state index in [0.717, 1.165) is 42.0 Å². The first kappa shape index (κ1) is 12.8. The normalized spacial score (nSPS) is 18.4. The summed E-state index contributed by atoms with van der Waals surface area (Å²) in [4.78, 5) is 9.21. The van der Waals surface area contributed by atoms with Gasteiger partial charge in [0.25, 0.3) is 0 Å². The van der Waals surface area contributed by atoms with Gasteiger partial charge < -0.3 is 4.74 Å². The molecular weight excluding hydrogens is 286 g/mol. The third-order valence-corrected chi connectivity index (χ3v) is 3.96. The van der Waals surface area contributed by atoms with Crippen molar-refractivity contribution in [2.75, 3.05) is 6.61 Å². The Hall–Kier alpha value is -1.91. The van der Waals surface area contributed by atoms with Crippen molar-refractivity contribution in [2.24, 2.45) is 0 Å². The number of fused-ring (bicyclic) bond motifs is 1. The highest BCUT2D eigenvalue weighted by Gasteiger charge is 2.24. The lowest BCUT2D eigenvalue weighted by molar-refractivity contribution is 0.0606. The van der Waals surface area contributed by atoms with Crippen LogP contribution in [-0.4, -0.2) is 21.1 Å². The van der Waals surface area contributed by atoms with Crippen molar-refractivity contribution in [1.29, 1.82) is 0 Å². The molecule has 2 aromatic heterocycles. The molecule has 106 valence electrons. The van der Waals surface area contributed by atoms with Gasteiger partial charge in [0.05, 0.1) is 0 Å². The zero-order chi connectivity index (χ0) is 14.2. The molecule has 1 aliphatic heterocycles. The van der Waals surface area contributed by atoms with E-state index >= 15 is 0 Å². The van der Waals surface area contributed by atoms with E-state index in [1.807, 2.05) is 36.4 Å². The van der Waals surface area contributed by atoms with Gasteiger partial charge in [-0.25, -0.2) is 9.97 Å². The summed E-state index contributed by atoms with van der Waals surface area (Å²) in [6.45, 7) is 0.784. The lowest BCUT2D eigenvalue weighted by Crippen LogP contribution is -2.09. The SMILES string of the molecule is Clc1cccc(-c2nc3cccnc3n2C2CCCO2)c1. The monoisotopic (exact) mass is 299 g/mol. The average Bonchev–Trinajstić information content (AvgIpc) is 3.14. The molecule has 4 rings (SSSR count). The van der Waals surface area contributed by atoms with Gasteiger partial charge in [-0.2, -0.15) is 0 Å². The van der Waals surface area contributed by atoms with E-state index < -0.39 is 0 Å². The van der Waals surface area contributed by atoms with Crippen molar-refractivity contribution in [1.82, 2.24) is 14.5 Å². The molecule has 21 heavy (non-hydrogen) atoms. The molecule has 5 heteroatoms. The Balaban J connectivity index is 1.97. The molecular formula is C16H14ClN3O. The van der Waals surface area contributed by atoms with Gasteiger partial charge in [0.2, 0.25) is 0 Å². The van der Waals surface area contributed by atoms with Crippen LogP contribution in [0.4, 0.5) is 0 Å². The largest absolute Gasteiger partial charge is 0.358 e. The Kier molecular flexibility index (Phi) is 3.13. The molecule has 0 spiro atoms. The van der Waals surface area contributed by atoms with E-state index in [1.54, 1.807) is 6.20 Å². The maximum Gasteiger partial charge on any atom is 0.162 e. The fourth-order valence-corrected chi connectivity index (χ4v) is 2.99. The number of hydrogen-bond acceptors (Lipinski definition) is 3. The van der Waals surface area contributed by atoms with Gasteiger partial charge >= 0.3 is 0 Å².